The maximum Gasteiger partial charge on any atom is 0.216 e. The number of piperidine rings is 1. The Morgan fingerprint density at radius 2 is 1.73 bits per heavy atom. The van der Waals surface area contributed by atoms with E-state index in [0.29, 0.717) is 5.56 Å². The summed E-state index contributed by atoms with van der Waals surface area (Å²) in [6.45, 7) is 1.70. The fraction of sp³-hybridized carbons (Fsp3) is 0.562. The fourth-order valence-electron chi connectivity index (χ4n) is 3.04. The number of benzene rings is 1. The van der Waals surface area contributed by atoms with Crippen LogP contribution in [0.2, 0.25) is 0 Å². The van der Waals surface area contributed by atoms with E-state index in [4.69, 9.17) is 5.26 Å². The van der Waals surface area contributed by atoms with Crippen molar-refractivity contribution >= 4 is 15.7 Å². The van der Waals surface area contributed by atoms with Crippen LogP contribution < -0.4 is 4.90 Å². The molecule has 0 spiro atoms. The Kier molecular flexibility index (Phi) is 4.11. The van der Waals surface area contributed by atoms with Crippen LogP contribution in [-0.4, -0.2) is 44.2 Å². The molecule has 1 aliphatic heterocycles. The van der Waals surface area contributed by atoms with E-state index in [9.17, 15) is 8.42 Å². The van der Waals surface area contributed by atoms with Gasteiger partial charge in [-0.1, -0.05) is 0 Å². The molecule has 2 fully saturated rings. The molecule has 2 aliphatic rings. The summed E-state index contributed by atoms with van der Waals surface area (Å²) in [5.41, 5.74) is 1.76. The Morgan fingerprint density at radius 3 is 2.23 bits per heavy atom. The highest BCUT2D eigenvalue weighted by Gasteiger charge is 2.41. The minimum absolute atomic E-state index is 0.111. The molecule has 3 rings (SSSR count). The molecule has 0 N–H and O–H groups in total. The van der Waals surface area contributed by atoms with E-state index in [-0.39, 0.29) is 11.3 Å². The molecule has 0 bridgehead atoms. The van der Waals surface area contributed by atoms with Crippen molar-refractivity contribution in [2.75, 3.05) is 25.0 Å². The Labute approximate surface area is 132 Å². The van der Waals surface area contributed by atoms with Gasteiger partial charge in [-0.2, -0.15) is 5.26 Å². The van der Waals surface area contributed by atoms with E-state index < -0.39 is 10.0 Å². The zero-order chi connectivity index (χ0) is 15.7. The van der Waals surface area contributed by atoms with Crippen molar-refractivity contribution in [2.24, 2.45) is 0 Å². The third-order valence-corrected chi connectivity index (χ3v) is 7.10. The van der Waals surface area contributed by atoms with Gasteiger partial charge < -0.3 is 4.90 Å². The van der Waals surface area contributed by atoms with Gasteiger partial charge in [0.1, 0.15) is 0 Å². The minimum Gasteiger partial charge on any atom is -0.371 e. The van der Waals surface area contributed by atoms with E-state index in [1.807, 2.05) is 24.3 Å². The number of nitriles is 1. The second-order valence-electron chi connectivity index (χ2n) is 6.14. The summed E-state index contributed by atoms with van der Waals surface area (Å²) in [6.07, 6.45) is 3.33. The lowest BCUT2D eigenvalue weighted by atomic mass is 10.0. The summed E-state index contributed by atoms with van der Waals surface area (Å²) >= 11 is 0. The highest BCUT2D eigenvalue weighted by atomic mass is 32.2. The van der Waals surface area contributed by atoms with Gasteiger partial charge in [-0.05, 0) is 49.9 Å². The summed E-state index contributed by atoms with van der Waals surface area (Å²) < 4.78 is 26.2. The molecular formula is C16H21N3O2S. The van der Waals surface area contributed by atoms with Gasteiger partial charge in [-0.3, -0.25) is 0 Å². The number of nitrogens with zero attached hydrogens (tertiary/aromatic N) is 3. The molecule has 0 amide bonds. The first kappa shape index (κ1) is 15.3. The van der Waals surface area contributed by atoms with Crippen LogP contribution in [0.15, 0.2) is 24.3 Å². The smallest absolute Gasteiger partial charge is 0.216 e. The van der Waals surface area contributed by atoms with Crippen LogP contribution in [0.1, 0.15) is 31.2 Å². The van der Waals surface area contributed by atoms with Crippen molar-refractivity contribution in [2.45, 2.75) is 37.0 Å². The van der Waals surface area contributed by atoms with Crippen LogP contribution in [-0.2, 0) is 10.0 Å². The normalized spacial score (nSPS) is 20.1. The van der Waals surface area contributed by atoms with Gasteiger partial charge in [-0.25, -0.2) is 12.7 Å². The number of rotatable bonds is 4. The van der Waals surface area contributed by atoms with Crippen LogP contribution in [0.5, 0.6) is 0 Å². The molecule has 5 nitrogen and oxygen atoms in total. The van der Waals surface area contributed by atoms with E-state index in [0.717, 1.165) is 44.5 Å². The summed E-state index contributed by atoms with van der Waals surface area (Å²) in [4.78, 5) is 2.26. The highest BCUT2D eigenvalue weighted by Crippen LogP contribution is 2.33. The molecule has 0 atom stereocenters. The van der Waals surface area contributed by atoms with Crippen molar-refractivity contribution in [3.8, 4) is 6.07 Å². The Balaban J connectivity index is 1.61. The summed E-state index contributed by atoms with van der Waals surface area (Å²) in [6, 6.07) is 9.80. The van der Waals surface area contributed by atoms with E-state index in [1.54, 1.807) is 11.4 Å². The molecule has 1 aromatic carbocycles. The lowest BCUT2D eigenvalue weighted by Crippen LogP contribution is -2.46. The van der Waals surface area contributed by atoms with E-state index in [1.165, 1.54) is 0 Å². The van der Waals surface area contributed by atoms with E-state index >= 15 is 0 Å². The average Bonchev–Trinajstić information content (AvgIpc) is 3.40. The lowest BCUT2D eigenvalue weighted by molar-refractivity contribution is 0.311. The minimum atomic E-state index is -3.08. The van der Waals surface area contributed by atoms with Gasteiger partial charge in [-0.15, -0.1) is 0 Å². The van der Waals surface area contributed by atoms with Gasteiger partial charge in [0.2, 0.25) is 10.0 Å². The predicted molar refractivity (Wildman–Crippen MR) is 86.1 cm³/mol. The molecule has 6 heteroatoms. The SMILES string of the molecule is CN(C1CCN(c2ccc(C#N)cc2)CC1)S(=O)(=O)C1CC1. The first-order valence-electron chi connectivity index (χ1n) is 7.74. The molecular weight excluding hydrogens is 298 g/mol. The highest BCUT2D eigenvalue weighted by molar-refractivity contribution is 7.90. The first-order chi connectivity index (χ1) is 10.5. The molecule has 1 saturated carbocycles. The summed E-state index contributed by atoms with van der Waals surface area (Å²) in [5.74, 6) is 0. The second kappa shape index (κ2) is 5.90. The second-order valence-corrected chi connectivity index (χ2v) is 8.41. The van der Waals surface area contributed by atoms with Crippen molar-refractivity contribution in [1.82, 2.24) is 4.31 Å². The summed E-state index contributed by atoms with van der Waals surface area (Å²) in [5, 5.41) is 8.70. The maximum atomic E-state index is 12.3. The van der Waals surface area contributed by atoms with Crippen molar-refractivity contribution in [1.29, 1.82) is 5.26 Å². The largest absolute Gasteiger partial charge is 0.371 e. The van der Waals surface area contributed by atoms with Crippen LogP contribution in [0.25, 0.3) is 0 Å². The van der Waals surface area contributed by atoms with Crippen LogP contribution in [0, 0.1) is 11.3 Å². The molecule has 118 valence electrons. The standard InChI is InChI=1S/C16H21N3O2S/c1-18(22(20,21)16-6-7-16)14-8-10-19(11-9-14)15-4-2-13(12-17)3-5-15/h2-5,14,16H,6-11H2,1H3. The molecule has 22 heavy (non-hydrogen) atoms. The Morgan fingerprint density at radius 1 is 1.14 bits per heavy atom. The molecule has 1 saturated heterocycles. The quantitative estimate of drug-likeness (QED) is 0.851. The number of anilines is 1. The topological polar surface area (TPSA) is 64.4 Å². The van der Waals surface area contributed by atoms with Crippen molar-refractivity contribution in [3.63, 3.8) is 0 Å². The van der Waals surface area contributed by atoms with Crippen LogP contribution in [0.3, 0.4) is 0 Å². The third-order valence-electron chi connectivity index (χ3n) is 4.69. The zero-order valence-electron chi connectivity index (χ0n) is 12.8. The fourth-order valence-corrected chi connectivity index (χ4v) is 4.87. The number of hydrogen-bond acceptors (Lipinski definition) is 4. The average molecular weight is 319 g/mol. The molecule has 1 aliphatic carbocycles. The van der Waals surface area contributed by atoms with Gasteiger partial charge in [0, 0.05) is 31.9 Å². The van der Waals surface area contributed by atoms with Crippen LogP contribution >= 0.6 is 0 Å². The van der Waals surface area contributed by atoms with Gasteiger partial charge >= 0.3 is 0 Å². The van der Waals surface area contributed by atoms with E-state index in [2.05, 4.69) is 11.0 Å². The number of sulfonamides is 1. The predicted octanol–water partition coefficient (Wildman–Crippen LogP) is 1.95. The number of hydrogen-bond donors (Lipinski definition) is 0. The van der Waals surface area contributed by atoms with Crippen molar-refractivity contribution in [3.05, 3.63) is 29.8 Å². The maximum absolute atomic E-state index is 12.3. The molecule has 0 aromatic heterocycles. The monoisotopic (exact) mass is 319 g/mol. The van der Waals surface area contributed by atoms with Gasteiger partial charge in [0.25, 0.3) is 0 Å². The van der Waals surface area contributed by atoms with Gasteiger partial charge in [0.15, 0.2) is 0 Å². The molecule has 1 heterocycles. The van der Waals surface area contributed by atoms with Gasteiger partial charge in [0.05, 0.1) is 16.9 Å². The Bertz CT molecular complexity index is 666. The lowest BCUT2D eigenvalue weighted by Gasteiger charge is -2.37. The van der Waals surface area contributed by atoms with Crippen LogP contribution in [0.4, 0.5) is 5.69 Å². The van der Waals surface area contributed by atoms with Crippen molar-refractivity contribution < 1.29 is 8.42 Å². The molecule has 0 radical (unpaired) electrons. The molecule has 0 unspecified atom stereocenters. The Hall–Kier alpha value is -1.58. The molecule has 1 aromatic rings. The summed E-state index contributed by atoms with van der Waals surface area (Å²) in [7, 11) is -1.35. The zero-order valence-corrected chi connectivity index (χ0v) is 13.6. The third kappa shape index (κ3) is 2.96. The first-order valence-corrected chi connectivity index (χ1v) is 9.24.